The summed E-state index contributed by atoms with van der Waals surface area (Å²) < 4.78 is 11.7. The fraction of sp³-hybridized carbons (Fsp3) is 0.409. The van der Waals surface area contributed by atoms with Gasteiger partial charge < -0.3 is 19.7 Å². The lowest BCUT2D eigenvalue weighted by molar-refractivity contribution is -0.134. The van der Waals surface area contributed by atoms with Crippen molar-refractivity contribution in [3.8, 4) is 5.75 Å². The Kier molecular flexibility index (Phi) is 5.85. The van der Waals surface area contributed by atoms with Gasteiger partial charge in [0.05, 0.1) is 12.1 Å². The van der Waals surface area contributed by atoms with Gasteiger partial charge in [0.2, 0.25) is 0 Å². The second kappa shape index (κ2) is 8.52. The van der Waals surface area contributed by atoms with Gasteiger partial charge in [-0.15, -0.1) is 0 Å². The zero-order valence-electron chi connectivity index (χ0n) is 15.9. The van der Waals surface area contributed by atoms with Crippen molar-refractivity contribution >= 4 is 23.2 Å². The predicted octanol–water partition coefficient (Wildman–Crippen LogP) is 3.58. The van der Waals surface area contributed by atoms with Crippen LogP contribution in [0.15, 0.2) is 48.5 Å². The van der Waals surface area contributed by atoms with Gasteiger partial charge in [-0.3, -0.25) is 4.79 Å². The van der Waals surface area contributed by atoms with E-state index in [0.717, 1.165) is 37.2 Å². The van der Waals surface area contributed by atoms with Crippen LogP contribution in [0.3, 0.4) is 0 Å². The first kappa shape index (κ1) is 19.2. The summed E-state index contributed by atoms with van der Waals surface area (Å²) in [5.74, 6) is 0.629. The highest BCUT2D eigenvalue weighted by Gasteiger charge is 2.50. The highest BCUT2D eigenvalue weighted by atomic mass is 35.5. The molecule has 2 aliphatic rings. The van der Waals surface area contributed by atoms with Crippen LogP contribution in [0, 0.1) is 6.92 Å². The van der Waals surface area contributed by atoms with Gasteiger partial charge in [-0.2, -0.15) is 0 Å². The van der Waals surface area contributed by atoms with Crippen LogP contribution in [-0.2, 0) is 9.53 Å². The largest absolute Gasteiger partial charge is 0.478 e. The maximum absolute atomic E-state index is 12.9. The SMILES string of the molecule is Cc1ccccc1N1C(=O)[C@H](Oc2ccc(Cl)cc2)[C@@H]1CNC[C@@H]1CCCO1. The fourth-order valence-corrected chi connectivity index (χ4v) is 3.96. The molecule has 6 heteroatoms. The molecule has 1 amide bonds. The first-order valence-electron chi connectivity index (χ1n) is 9.77. The number of rotatable bonds is 7. The molecule has 1 N–H and O–H groups in total. The van der Waals surface area contributed by atoms with Crippen molar-refractivity contribution in [2.75, 3.05) is 24.6 Å². The minimum absolute atomic E-state index is 0.0202. The number of carbonyl (C=O) groups excluding carboxylic acids is 1. The van der Waals surface area contributed by atoms with Gasteiger partial charge in [0.1, 0.15) is 5.75 Å². The number of aryl methyl sites for hydroxylation is 1. The molecule has 0 radical (unpaired) electrons. The zero-order valence-corrected chi connectivity index (χ0v) is 16.7. The normalized spacial score (nSPS) is 24.3. The van der Waals surface area contributed by atoms with Crippen LogP contribution in [-0.4, -0.2) is 43.9 Å². The third-order valence-corrected chi connectivity index (χ3v) is 5.62. The molecule has 28 heavy (non-hydrogen) atoms. The fourth-order valence-electron chi connectivity index (χ4n) is 3.83. The van der Waals surface area contributed by atoms with E-state index in [1.54, 1.807) is 24.3 Å². The minimum atomic E-state index is -0.516. The van der Waals surface area contributed by atoms with E-state index < -0.39 is 6.10 Å². The Morgan fingerprint density at radius 3 is 2.68 bits per heavy atom. The van der Waals surface area contributed by atoms with Crippen LogP contribution in [0.25, 0.3) is 0 Å². The van der Waals surface area contributed by atoms with Gasteiger partial charge in [-0.1, -0.05) is 29.8 Å². The Hall–Kier alpha value is -2.08. The van der Waals surface area contributed by atoms with E-state index in [9.17, 15) is 4.79 Å². The first-order valence-corrected chi connectivity index (χ1v) is 10.1. The lowest BCUT2D eigenvalue weighted by atomic mass is 9.95. The Labute approximate surface area is 170 Å². The smallest absolute Gasteiger partial charge is 0.270 e. The van der Waals surface area contributed by atoms with Crippen LogP contribution < -0.4 is 15.0 Å². The Balaban J connectivity index is 1.48. The van der Waals surface area contributed by atoms with Crippen molar-refractivity contribution < 1.29 is 14.3 Å². The number of amides is 1. The molecule has 0 spiro atoms. The summed E-state index contributed by atoms with van der Waals surface area (Å²) in [7, 11) is 0. The van der Waals surface area contributed by atoms with Gasteiger partial charge in [-0.25, -0.2) is 0 Å². The molecule has 148 valence electrons. The molecule has 2 aromatic rings. The number of nitrogens with zero attached hydrogens (tertiary/aromatic N) is 1. The quantitative estimate of drug-likeness (QED) is 0.722. The Morgan fingerprint density at radius 1 is 1.18 bits per heavy atom. The maximum atomic E-state index is 12.9. The number of anilines is 1. The number of para-hydroxylation sites is 1. The van der Waals surface area contributed by atoms with Crippen molar-refractivity contribution in [3.05, 3.63) is 59.1 Å². The number of hydrogen-bond acceptors (Lipinski definition) is 4. The second-order valence-electron chi connectivity index (χ2n) is 7.35. The Morgan fingerprint density at radius 2 is 1.96 bits per heavy atom. The lowest BCUT2D eigenvalue weighted by Gasteiger charge is -2.47. The molecule has 0 unspecified atom stereocenters. The highest BCUT2D eigenvalue weighted by Crippen LogP contribution is 2.33. The monoisotopic (exact) mass is 400 g/mol. The molecule has 2 saturated heterocycles. The number of nitrogens with one attached hydrogen (secondary N) is 1. The molecule has 2 fully saturated rings. The number of hydrogen-bond donors (Lipinski definition) is 1. The topological polar surface area (TPSA) is 50.8 Å². The summed E-state index contributed by atoms with van der Waals surface area (Å²) in [5.41, 5.74) is 2.01. The molecule has 0 aromatic heterocycles. The summed E-state index contributed by atoms with van der Waals surface area (Å²) >= 11 is 5.95. The highest BCUT2D eigenvalue weighted by molar-refractivity contribution is 6.30. The molecule has 0 bridgehead atoms. The lowest BCUT2D eigenvalue weighted by Crippen LogP contribution is -2.70. The third-order valence-electron chi connectivity index (χ3n) is 5.36. The summed E-state index contributed by atoms with van der Waals surface area (Å²) in [5, 5.41) is 4.12. The van der Waals surface area contributed by atoms with Crippen LogP contribution in [0.4, 0.5) is 5.69 Å². The summed E-state index contributed by atoms with van der Waals surface area (Å²) in [6, 6.07) is 15.0. The molecule has 0 saturated carbocycles. The van der Waals surface area contributed by atoms with Gasteiger partial charge in [0, 0.05) is 30.4 Å². The van der Waals surface area contributed by atoms with E-state index in [4.69, 9.17) is 21.1 Å². The molecule has 2 aliphatic heterocycles. The van der Waals surface area contributed by atoms with Crippen LogP contribution in [0.1, 0.15) is 18.4 Å². The molecule has 3 atom stereocenters. The van der Waals surface area contributed by atoms with Crippen molar-refractivity contribution in [3.63, 3.8) is 0 Å². The molecular weight excluding hydrogens is 376 g/mol. The second-order valence-corrected chi connectivity index (χ2v) is 7.78. The third kappa shape index (κ3) is 4.02. The van der Waals surface area contributed by atoms with Gasteiger partial charge in [0.15, 0.2) is 6.10 Å². The van der Waals surface area contributed by atoms with E-state index in [1.807, 2.05) is 36.1 Å². The molecule has 0 aliphatic carbocycles. The van der Waals surface area contributed by atoms with E-state index in [0.29, 0.717) is 17.3 Å². The summed E-state index contributed by atoms with van der Waals surface area (Å²) in [6.07, 6.45) is 1.95. The number of halogens is 1. The van der Waals surface area contributed by atoms with Crippen LogP contribution in [0.2, 0.25) is 5.02 Å². The molecule has 2 aromatic carbocycles. The Bertz CT molecular complexity index is 821. The molecule has 4 rings (SSSR count). The van der Waals surface area contributed by atoms with Crippen molar-refractivity contribution in [2.45, 2.75) is 38.0 Å². The van der Waals surface area contributed by atoms with Crippen LogP contribution in [0.5, 0.6) is 5.75 Å². The standard InChI is InChI=1S/C22H25ClN2O3/c1-15-5-2-3-7-19(15)25-20(14-24-13-18-6-4-12-27-18)21(22(25)26)28-17-10-8-16(23)9-11-17/h2-3,5,7-11,18,20-21,24H,4,6,12-14H2,1H3/t18-,20-,21+/m0/s1. The number of carbonyl (C=O) groups is 1. The maximum Gasteiger partial charge on any atom is 0.270 e. The van der Waals surface area contributed by atoms with Gasteiger partial charge in [0.25, 0.3) is 5.91 Å². The van der Waals surface area contributed by atoms with Gasteiger partial charge in [-0.05, 0) is 55.7 Å². The molecular formula is C22H25ClN2O3. The van der Waals surface area contributed by atoms with Crippen molar-refractivity contribution in [1.29, 1.82) is 0 Å². The average Bonchev–Trinajstić information content (AvgIpc) is 3.21. The number of β-lactam (4-membered cyclic amide) rings is 1. The number of ether oxygens (including phenoxy) is 2. The summed E-state index contributed by atoms with van der Waals surface area (Å²) in [6.45, 7) is 4.30. The van der Waals surface area contributed by atoms with Crippen molar-refractivity contribution in [2.24, 2.45) is 0 Å². The first-order chi connectivity index (χ1) is 13.6. The van der Waals surface area contributed by atoms with E-state index >= 15 is 0 Å². The van der Waals surface area contributed by atoms with Gasteiger partial charge >= 0.3 is 0 Å². The van der Waals surface area contributed by atoms with E-state index in [-0.39, 0.29) is 18.1 Å². The van der Waals surface area contributed by atoms with E-state index in [2.05, 4.69) is 5.32 Å². The molecule has 5 nitrogen and oxygen atoms in total. The van der Waals surface area contributed by atoms with Crippen LogP contribution >= 0.6 is 11.6 Å². The average molecular weight is 401 g/mol. The van der Waals surface area contributed by atoms with Crippen molar-refractivity contribution in [1.82, 2.24) is 5.32 Å². The summed E-state index contributed by atoms with van der Waals surface area (Å²) in [4.78, 5) is 14.8. The predicted molar refractivity (Wildman–Crippen MR) is 110 cm³/mol. The molecule has 2 heterocycles. The van der Waals surface area contributed by atoms with E-state index in [1.165, 1.54) is 0 Å². The number of benzene rings is 2. The zero-order chi connectivity index (χ0) is 19.5. The minimum Gasteiger partial charge on any atom is -0.478 e.